The van der Waals surface area contributed by atoms with Crippen LogP contribution in [-0.2, 0) is 33.8 Å². The average Bonchev–Trinajstić information content (AvgIpc) is 2.95. The highest BCUT2D eigenvalue weighted by atomic mass is 35.5. The smallest absolute Gasteiger partial charge is 0.411 e. The van der Waals surface area contributed by atoms with Crippen LogP contribution in [-0.4, -0.2) is 49.3 Å². The van der Waals surface area contributed by atoms with Crippen LogP contribution < -0.4 is 14.4 Å². The topological polar surface area (TPSA) is 77.5 Å². The number of hydrogen-bond donors (Lipinski definition) is 0. The standard InChI is InChI=1S/C32H34Cl2N2O6/c1-32(2,3)42-31(38)36-16-22-15-28-26(13-21(22)14-27(36)30(37)39-5)35(4)17-29(41-28)20-7-9-23(10-8-20)40-18-19-6-11-24(33)25(34)12-19/h6-13,15,27,29H,14,16-18H2,1-5H3/t27?,29-/m1/s1. The second-order valence-electron chi connectivity index (χ2n) is 11.5. The van der Waals surface area contributed by atoms with Crippen LogP contribution in [0, 0.1) is 0 Å². The molecule has 2 aliphatic heterocycles. The van der Waals surface area contributed by atoms with Crippen LogP contribution in [0.1, 0.15) is 49.1 Å². The van der Waals surface area contributed by atoms with Crippen LogP contribution in [0.15, 0.2) is 54.6 Å². The summed E-state index contributed by atoms with van der Waals surface area (Å²) in [5.41, 5.74) is 4.04. The predicted octanol–water partition coefficient (Wildman–Crippen LogP) is 6.98. The number of methoxy groups -OCH3 is 1. The van der Waals surface area contributed by atoms with E-state index in [9.17, 15) is 9.59 Å². The highest BCUT2D eigenvalue weighted by molar-refractivity contribution is 6.42. The van der Waals surface area contributed by atoms with E-state index in [4.69, 9.17) is 42.1 Å². The lowest BCUT2D eigenvalue weighted by atomic mass is 9.92. The molecule has 0 bridgehead atoms. The maximum absolute atomic E-state index is 13.1. The van der Waals surface area contributed by atoms with Crippen molar-refractivity contribution in [3.05, 3.63) is 86.9 Å². The van der Waals surface area contributed by atoms with Crippen LogP contribution in [0.4, 0.5) is 10.5 Å². The quantitative estimate of drug-likeness (QED) is 0.288. The Hall–Kier alpha value is -3.62. The summed E-state index contributed by atoms with van der Waals surface area (Å²) in [4.78, 5) is 29.3. The number of likely N-dealkylation sites (N-methyl/N-ethyl adjacent to an activating group) is 1. The summed E-state index contributed by atoms with van der Waals surface area (Å²) in [7, 11) is 3.34. The Bertz CT molecular complexity index is 1490. The largest absolute Gasteiger partial charge is 0.489 e. The minimum absolute atomic E-state index is 0.208. The summed E-state index contributed by atoms with van der Waals surface area (Å²) >= 11 is 12.1. The zero-order valence-corrected chi connectivity index (χ0v) is 25.8. The third-order valence-corrected chi connectivity index (χ3v) is 8.01. The lowest BCUT2D eigenvalue weighted by Gasteiger charge is -2.39. The SMILES string of the molecule is COC(=O)C1Cc2cc3c(cc2CN1C(=O)OC(C)(C)C)O[C@@H](c1ccc(OCc2ccc(Cl)c(Cl)c2)cc1)CN3C. The summed E-state index contributed by atoms with van der Waals surface area (Å²) in [6, 6.07) is 16.5. The van der Waals surface area contributed by atoms with E-state index in [0.29, 0.717) is 35.4 Å². The zero-order valence-electron chi connectivity index (χ0n) is 24.3. The van der Waals surface area contributed by atoms with Crippen LogP contribution in [0.2, 0.25) is 10.0 Å². The molecule has 0 saturated carbocycles. The molecule has 8 nitrogen and oxygen atoms in total. The van der Waals surface area contributed by atoms with E-state index in [0.717, 1.165) is 33.7 Å². The first-order valence-electron chi connectivity index (χ1n) is 13.7. The molecule has 0 saturated heterocycles. The molecule has 2 heterocycles. The molecule has 0 aliphatic carbocycles. The number of fused-ring (bicyclic) bond motifs is 2. The molecule has 5 rings (SSSR count). The van der Waals surface area contributed by atoms with Gasteiger partial charge < -0.3 is 23.8 Å². The van der Waals surface area contributed by atoms with E-state index in [1.165, 1.54) is 12.0 Å². The van der Waals surface area contributed by atoms with Crippen molar-refractivity contribution in [3.8, 4) is 11.5 Å². The molecule has 0 N–H and O–H groups in total. The number of ether oxygens (including phenoxy) is 4. The summed E-state index contributed by atoms with van der Waals surface area (Å²) in [5, 5.41) is 1.00. The molecule has 3 aromatic rings. The predicted molar refractivity (Wildman–Crippen MR) is 162 cm³/mol. The number of hydrogen-bond acceptors (Lipinski definition) is 7. The van der Waals surface area contributed by atoms with E-state index in [-0.39, 0.29) is 12.6 Å². The summed E-state index contributed by atoms with van der Waals surface area (Å²) in [5.74, 6) is 0.970. The van der Waals surface area contributed by atoms with E-state index in [2.05, 4.69) is 4.90 Å². The average molecular weight is 614 g/mol. The maximum atomic E-state index is 13.1. The second kappa shape index (κ2) is 11.9. The Morgan fingerprint density at radius 1 is 1.00 bits per heavy atom. The Labute approximate surface area is 256 Å². The molecular formula is C32H34Cl2N2O6. The third kappa shape index (κ3) is 6.55. The van der Waals surface area contributed by atoms with Gasteiger partial charge in [-0.3, -0.25) is 4.90 Å². The number of benzene rings is 3. The van der Waals surface area contributed by atoms with Crippen molar-refractivity contribution in [1.29, 1.82) is 0 Å². The molecule has 42 heavy (non-hydrogen) atoms. The Morgan fingerprint density at radius 2 is 1.74 bits per heavy atom. The van der Waals surface area contributed by atoms with Crippen molar-refractivity contribution in [2.45, 2.75) is 58.1 Å². The van der Waals surface area contributed by atoms with Crippen molar-refractivity contribution in [2.24, 2.45) is 0 Å². The van der Waals surface area contributed by atoms with Gasteiger partial charge in [-0.1, -0.05) is 41.4 Å². The molecule has 0 radical (unpaired) electrons. The van der Waals surface area contributed by atoms with E-state index >= 15 is 0 Å². The van der Waals surface area contributed by atoms with Gasteiger partial charge in [0.05, 0.1) is 35.9 Å². The van der Waals surface area contributed by atoms with Crippen molar-refractivity contribution in [2.75, 3.05) is 25.6 Å². The van der Waals surface area contributed by atoms with Gasteiger partial charge in [0.2, 0.25) is 0 Å². The summed E-state index contributed by atoms with van der Waals surface area (Å²) in [6.07, 6.45) is -0.438. The number of rotatable bonds is 5. The fraction of sp³-hybridized carbons (Fsp3) is 0.375. The van der Waals surface area contributed by atoms with E-state index in [1.807, 2.05) is 49.5 Å². The number of nitrogens with zero attached hydrogens (tertiary/aromatic N) is 2. The van der Waals surface area contributed by atoms with Gasteiger partial charge in [-0.2, -0.15) is 0 Å². The van der Waals surface area contributed by atoms with Gasteiger partial charge in [0.1, 0.15) is 35.9 Å². The highest BCUT2D eigenvalue weighted by Gasteiger charge is 2.39. The Morgan fingerprint density at radius 3 is 2.40 bits per heavy atom. The van der Waals surface area contributed by atoms with Gasteiger partial charge in [-0.25, -0.2) is 9.59 Å². The number of carbonyl (C=O) groups is 2. The lowest BCUT2D eigenvalue weighted by molar-refractivity contribution is -0.147. The minimum Gasteiger partial charge on any atom is -0.489 e. The molecule has 10 heteroatoms. The normalized spacial score (nSPS) is 18.0. The van der Waals surface area contributed by atoms with Crippen molar-refractivity contribution in [1.82, 2.24) is 4.90 Å². The Balaban J connectivity index is 1.32. The molecular weight excluding hydrogens is 579 g/mol. The fourth-order valence-corrected chi connectivity index (χ4v) is 5.46. The minimum atomic E-state index is -0.768. The first-order chi connectivity index (χ1) is 19.9. The second-order valence-corrected chi connectivity index (χ2v) is 12.3. The zero-order chi connectivity index (χ0) is 30.2. The van der Waals surface area contributed by atoms with Crippen LogP contribution in [0.5, 0.6) is 11.5 Å². The fourth-order valence-electron chi connectivity index (χ4n) is 5.14. The molecule has 2 atom stereocenters. The molecule has 2 aliphatic rings. The number of halogens is 2. The molecule has 1 amide bonds. The van der Waals surface area contributed by atoms with E-state index in [1.54, 1.807) is 32.9 Å². The molecule has 0 aromatic heterocycles. The third-order valence-electron chi connectivity index (χ3n) is 7.27. The molecule has 1 unspecified atom stereocenters. The molecule has 0 spiro atoms. The summed E-state index contributed by atoms with van der Waals surface area (Å²) in [6.45, 7) is 6.60. The van der Waals surface area contributed by atoms with Crippen LogP contribution >= 0.6 is 23.2 Å². The number of amides is 1. The van der Waals surface area contributed by atoms with Gasteiger partial charge >= 0.3 is 12.1 Å². The monoisotopic (exact) mass is 612 g/mol. The van der Waals surface area contributed by atoms with Gasteiger partial charge in [0, 0.05) is 13.5 Å². The lowest BCUT2D eigenvalue weighted by Crippen LogP contribution is -2.50. The number of carbonyl (C=O) groups excluding carboxylic acids is 2. The number of anilines is 1. The Kier molecular flexibility index (Phi) is 8.49. The highest BCUT2D eigenvalue weighted by Crippen LogP contribution is 2.41. The first kappa shape index (κ1) is 29.9. The summed E-state index contributed by atoms with van der Waals surface area (Å²) < 4.78 is 23.0. The van der Waals surface area contributed by atoms with Gasteiger partial charge in [-0.05, 0) is 79.4 Å². The molecule has 3 aromatic carbocycles. The van der Waals surface area contributed by atoms with Crippen molar-refractivity contribution >= 4 is 41.0 Å². The number of esters is 1. The van der Waals surface area contributed by atoms with E-state index < -0.39 is 23.7 Å². The maximum Gasteiger partial charge on any atom is 0.411 e. The van der Waals surface area contributed by atoms with Crippen LogP contribution in [0.3, 0.4) is 0 Å². The van der Waals surface area contributed by atoms with Gasteiger partial charge in [-0.15, -0.1) is 0 Å². The van der Waals surface area contributed by atoms with Gasteiger partial charge in [0.25, 0.3) is 0 Å². The molecule has 222 valence electrons. The van der Waals surface area contributed by atoms with Crippen LogP contribution in [0.25, 0.3) is 0 Å². The molecule has 0 fully saturated rings. The van der Waals surface area contributed by atoms with Crippen molar-refractivity contribution < 1.29 is 28.5 Å². The first-order valence-corrected chi connectivity index (χ1v) is 14.4. The van der Waals surface area contributed by atoms with Crippen molar-refractivity contribution in [3.63, 3.8) is 0 Å². The van der Waals surface area contributed by atoms with Gasteiger partial charge in [0.15, 0.2) is 0 Å².